The fourth-order valence-corrected chi connectivity index (χ4v) is 5.12. The van der Waals surface area contributed by atoms with Crippen LogP contribution >= 0.6 is 11.3 Å². The Labute approximate surface area is 208 Å². The fourth-order valence-electron chi connectivity index (χ4n) is 4.18. The number of hydrogen-bond acceptors (Lipinski definition) is 5. The fraction of sp³-hybridized carbons (Fsp3) is 0.179. The van der Waals surface area contributed by atoms with Gasteiger partial charge in [0, 0.05) is 29.0 Å². The number of hydrogen-bond donors (Lipinski definition) is 1. The first-order valence-electron chi connectivity index (χ1n) is 11.3. The highest BCUT2D eigenvalue weighted by Gasteiger charge is 2.12. The number of aryl methyl sites for hydroxylation is 1. The van der Waals surface area contributed by atoms with Crippen LogP contribution in [0.15, 0.2) is 83.3 Å². The molecule has 0 atom stereocenters. The van der Waals surface area contributed by atoms with Crippen molar-refractivity contribution in [1.29, 1.82) is 0 Å². The molecule has 1 N–H and O–H groups in total. The standard InChI is InChI=1S/C28H27N3O3S/c1-32-21-10-8-19(9-11-21)26-18-35-28(30-25-6-4-5-7-27(25)34-3)31(26)15-14-20-17-29-24-13-12-22(33-2)16-23(20)24/h4-13,16-18,29H,14-15H2,1-3H3. The molecule has 0 aliphatic heterocycles. The molecular weight excluding hydrogens is 458 g/mol. The zero-order valence-corrected chi connectivity index (χ0v) is 20.8. The molecule has 178 valence electrons. The van der Waals surface area contributed by atoms with E-state index in [1.54, 1.807) is 32.7 Å². The Morgan fingerprint density at radius 2 is 1.66 bits per heavy atom. The molecular formula is C28H27N3O3S. The van der Waals surface area contributed by atoms with Gasteiger partial charge in [0.05, 0.1) is 27.0 Å². The highest BCUT2D eigenvalue weighted by Crippen LogP contribution is 2.28. The average Bonchev–Trinajstić information content (AvgIpc) is 3.51. The van der Waals surface area contributed by atoms with E-state index in [-0.39, 0.29) is 0 Å². The molecule has 0 unspecified atom stereocenters. The molecule has 0 aliphatic rings. The molecule has 35 heavy (non-hydrogen) atoms. The molecule has 0 saturated carbocycles. The molecule has 5 rings (SSSR count). The number of methoxy groups -OCH3 is 3. The maximum atomic E-state index is 5.54. The van der Waals surface area contributed by atoms with Crippen LogP contribution in [-0.4, -0.2) is 30.9 Å². The van der Waals surface area contributed by atoms with Gasteiger partial charge in [0.1, 0.15) is 22.9 Å². The molecule has 0 fully saturated rings. The highest BCUT2D eigenvalue weighted by atomic mass is 32.1. The van der Waals surface area contributed by atoms with Gasteiger partial charge >= 0.3 is 0 Å². The van der Waals surface area contributed by atoms with E-state index in [1.165, 1.54) is 10.9 Å². The van der Waals surface area contributed by atoms with Gasteiger partial charge < -0.3 is 23.8 Å². The Hall–Kier alpha value is -3.97. The third kappa shape index (κ3) is 4.68. The normalized spacial score (nSPS) is 11.7. The molecule has 7 heteroatoms. The summed E-state index contributed by atoms with van der Waals surface area (Å²) < 4.78 is 18.6. The van der Waals surface area contributed by atoms with Gasteiger partial charge in [-0.25, -0.2) is 4.99 Å². The summed E-state index contributed by atoms with van der Waals surface area (Å²) in [5.74, 6) is 2.44. The van der Waals surface area contributed by atoms with E-state index in [9.17, 15) is 0 Å². The monoisotopic (exact) mass is 485 g/mol. The minimum Gasteiger partial charge on any atom is -0.497 e. The first-order valence-corrected chi connectivity index (χ1v) is 12.2. The first kappa shape index (κ1) is 22.8. The first-order chi connectivity index (χ1) is 17.2. The number of H-pyrrole nitrogens is 1. The summed E-state index contributed by atoms with van der Waals surface area (Å²) in [6.45, 7) is 0.767. The lowest BCUT2D eigenvalue weighted by atomic mass is 10.1. The molecule has 0 aliphatic carbocycles. The summed E-state index contributed by atoms with van der Waals surface area (Å²) in [4.78, 5) is 9.28. The molecule has 3 aromatic carbocycles. The molecule has 0 saturated heterocycles. The summed E-state index contributed by atoms with van der Waals surface area (Å²) in [7, 11) is 5.05. The van der Waals surface area contributed by atoms with Gasteiger partial charge in [-0.2, -0.15) is 0 Å². The molecule has 6 nitrogen and oxygen atoms in total. The predicted molar refractivity (Wildman–Crippen MR) is 141 cm³/mol. The lowest BCUT2D eigenvalue weighted by molar-refractivity contribution is 0.415. The van der Waals surface area contributed by atoms with Crippen molar-refractivity contribution in [3.8, 4) is 28.5 Å². The molecule has 0 amide bonds. The third-order valence-corrected chi connectivity index (χ3v) is 6.93. The van der Waals surface area contributed by atoms with Crippen molar-refractivity contribution in [2.24, 2.45) is 4.99 Å². The number of para-hydroxylation sites is 2. The van der Waals surface area contributed by atoms with Crippen LogP contribution in [0.25, 0.3) is 22.2 Å². The van der Waals surface area contributed by atoms with Crippen molar-refractivity contribution in [1.82, 2.24) is 9.55 Å². The van der Waals surface area contributed by atoms with Crippen LogP contribution < -0.4 is 19.0 Å². The van der Waals surface area contributed by atoms with Gasteiger partial charge in [0.25, 0.3) is 0 Å². The summed E-state index contributed by atoms with van der Waals surface area (Å²) in [6.07, 6.45) is 2.92. The second-order valence-electron chi connectivity index (χ2n) is 8.04. The molecule has 0 spiro atoms. The van der Waals surface area contributed by atoms with E-state index < -0.39 is 0 Å². The zero-order chi connectivity index (χ0) is 24.2. The van der Waals surface area contributed by atoms with Crippen LogP contribution in [0.2, 0.25) is 0 Å². The van der Waals surface area contributed by atoms with Crippen molar-refractivity contribution in [2.75, 3.05) is 21.3 Å². The lowest BCUT2D eigenvalue weighted by Gasteiger charge is -2.10. The van der Waals surface area contributed by atoms with Crippen molar-refractivity contribution in [3.05, 3.63) is 88.7 Å². The van der Waals surface area contributed by atoms with Gasteiger partial charge in [0.15, 0.2) is 4.80 Å². The largest absolute Gasteiger partial charge is 0.497 e. The number of fused-ring (bicyclic) bond motifs is 1. The molecule has 0 bridgehead atoms. The number of nitrogens with one attached hydrogen (secondary N) is 1. The van der Waals surface area contributed by atoms with Crippen LogP contribution in [0.1, 0.15) is 5.56 Å². The van der Waals surface area contributed by atoms with Gasteiger partial charge in [-0.1, -0.05) is 12.1 Å². The lowest BCUT2D eigenvalue weighted by Crippen LogP contribution is -2.17. The summed E-state index contributed by atoms with van der Waals surface area (Å²) in [5.41, 5.74) is 5.38. The number of thiazole rings is 1. The van der Waals surface area contributed by atoms with Crippen LogP contribution in [0.3, 0.4) is 0 Å². The van der Waals surface area contributed by atoms with Crippen molar-refractivity contribution in [3.63, 3.8) is 0 Å². The Kier molecular flexibility index (Phi) is 6.59. The maximum absolute atomic E-state index is 5.54. The van der Waals surface area contributed by atoms with E-state index in [4.69, 9.17) is 19.2 Å². The smallest absolute Gasteiger partial charge is 0.190 e. The van der Waals surface area contributed by atoms with E-state index in [1.807, 2.05) is 42.5 Å². The van der Waals surface area contributed by atoms with E-state index in [2.05, 4.69) is 45.4 Å². The molecule has 2 heterocycles. The van der Waals surface area contributed by atoms with Crippen LogP contribution in [0.4, 0.5) is 5.69 Å². The zero-order valence-electron chi connectivity index (χ0n) is 19.9. The molecule has 0 radical (unpaired) electrons. The predicted octanol–water partition coefficient (Wildman–Crippen LogP) is 6.20. The minimum absolute atomic E-state index is 0.752. The number of benzene rings is 3. The van der Waals surface area contributed by atoms with Gasteiger partial charge in [-0.15, -0.1) is 11.3 Å². The second kappa shape index (κ2) is 10.1. The number of rotatable bonds is 8. The molecule has 5 aromatic rings. The van der Waals surface area contributed by atoms with Gasteiger partial charge in [-0.05, 0) is 72.1 Å². The van der Waals surface area contributed by atoms with Crippen molar-refractivity contribution in [2.45, 2.75) is 13.0 Å². The van der Waals surface area contributed by atoms with E-state index in [0.29, 0.717) is 0 Å². The minimum atomic E-state index is 0.752. The van der Waals surface area contributed by atoms with Crippen LogP contribution in [-0.2, 0) is 13.0 Å². The Morgan fingerprint density at radius 1 is 0.886 bits per heavy atom. The Bertz CT molecular complexity index is 1510. The SMILES string of the molecule is COc1ccc(-c2csc(=Nc3ccccc3OC)n2CCc2c[nH]c3ccc(OC)cc23)cc1. The second-order valence-corrected chi connectivity index (χ2v) is 8.88. The van der Waals surface area contributed by atoms with Crippen LogP contribution in [0.5, 0.6) is 17.2 Å². The summed E-state index contributed by atoms with van der Waals surface area (Å²) in [5, 5.41) is 3.34. The van der Waals surface area contributed by atoms with Crippen LogP contribution in [0, 0.1) is 0 Å². The van der Waals surface area contributed by atoms with Gasteiger partial charge in [-0.3, -0.25) is 0 Å². The van der Waals surface area contributed by atoms with Crippen molar-refractivity contribution < 1.29 is 14.2 Å². The van der Waals surface area contributed by atoms with E-state index in [0.717, 1.165) is 57.5 Å². The number of nitrogens with zero attached hydrogens (tertiary/aromatic N) is 2. The summed E-state index contributed by atoms with van der Waals surface area (Å²) >= 11 is 1.62. The third-order valence-electron chi connectivity index (χ3n) is 6.06. The number of aromatic amines is 1. The maximum Gasteiger partial charge on any atom is 0.190 e. The quantitative estimate of drug-likeness (QED) is 0.285. The topological polar surface area (TPSA) is 60.8 Å². The Morgan fingerprint density at radius 3 is 2.43 bits per heavy atom. The van der Waals surface area contributed by atoms with Gasteiger partial charge in [0.2, 0.25) is 0 Å². The summed E-state index contributed by atoms with van der Waals surface area (Å²) in [6, 6.07) is 22.1. The average molecular weight is 486 g/mol. The number of aromatic nitrogens is 2. The number of ether oxygens (including phenoxy) is 3. The highest BCUT2D eigenvalue weighted by molar-refractivity contribution is 7.07. The van der Waals surface area contributed by atoms with Crippen molar-refractivity contribution >= 4 is 27.9 Å². The van der Waals surface area contributed by atoms with E-state index >= 15 is 0 Å². The Balaban J connectivity index is 1.57. The molecule has 2 aromatic heterocycles.